The smallest absolute Gasteiger partial charge is 0.247 e. The normalized spacial score (nSPS) is 12.2. The number of primary amides is 1. The largest absolute Gasteiger partial charge is 0.496 e. The molecule has 0 aromatic heterocycles. The summed E-state index contributed by atoms with van der Waals surface area (Å²) in [7, 11) is 1.55. The zero-order chi connectivity index (χ0) is 12.8. The molecule has 1 unspecified atom stereocenters. The Balaban J connectivity index is 2.60. The average Bonchev–Trinajstić information content (AvgIpc) is 2.30. The van der Waals surface area contributed by atoms with Crippen LogP contribution in [0.2, 0.25) is 5.02 Å². The second-order valence-electron chi connectivity index (χ2n) is 3.47. The first-order valence-electron chi connectivity index (χ1n) is 5.05. The van der Waals surface area contributed by atoms with Gasteiger partial charge in [0, 0.05) is 23.7 Å². The van der Waals surface area contributed by atoms with E-state index in [2.05, 4.69) is 5.32 Å². The second-order valence-corrected chi connectivity index (χ2v) is 3.88. The summed E-state index contributed by atoms with van der Waals surface area (Å²) in [4.78, 5) is 10.6. The number of rotatable bonds is 6. The van der Waals surface area contributed by atoms with Crippen LogP contribution < -0.4 is 15.8 Å². The molecule has 1 rings (SSSR count). The van der Waals surface area contributed by atoms with Crippen molar-refractivity contribution in [3.63, 3.8) is 0 Å². The molecule has 0 heterocycles. The van der Waals surface area contributed by atoms with Crippen molar-refractivity contribution in [1.29, 1.82) is 0 Å². The number of nitrogens with one attached hydrogen (secondary N) is 1. The summed E-state index contributed by atoms with van der Waals surface area (Å²) < 4.78 is 5.15. The van der Waals surface area contributed by atoms with E-state index in [0.717, 1.165) is 5.56 Å². The molecule has 0 bridgehead atoms. The summed E-state index contributed by atoms with van der Waals surface area (Å²) in [5.41, 5.74) is 5.69. The van der Waals surface area contributed by atoms with Gasteiger partial charge in [-0.3, -0.25) is 4.79 Å². The Morgan fingerprint density at radius 2 is 2.35 bits per heavy atom. The van der Waals surface area contributed by atoms with Crippen LogP contribution in [0, 0.1) is 0 Å². The number of methoxy groups -OCH3 is 1. The number of hydrogen-bond donors (Lipinski definition) is 3. The molecule has 0 fully saturated rings. The van der Waals surface area contributed by atoms with Gasteiger partial charge in [0.25, 0.3) is 0 Å². The van der Waals surface area contributed by atoms with Crippen LogP contribution in [0.5, 0.6) is 5.75 Å². The maximum atomic E-state index is 10.6. The number of benzene rings is 1. The topological polar surface area (TPSA) is 84.6 Å². The Hall–Kier alpha value is -1.30. The Labute approximate surface area is 105 Å². The van der Waals surface area contributed by atoms with Gasteiger partial charge in [-0.15, -0.1) is 0 Å². The van der Waals surface area contributed by atoms with Gasteiger partial charge in [0.15, 0.2) is 0 Å². The summed E-state index contributed by atoms with van der Waals surface area (Å²) in [6, 6.07) is 5.31. The second kappa shape index (κ2) is 6.44. The molecule has 4 N–H and O–H groups in total. The minimum atomic E-state index is -1.21. The van der Waals surface area contributed by atoms with E-state index in [1.165, 1.54) is 0 Å². The number of aliphatic hydroxyl groups excluding tert-OH is 1. The van der Waals surface area contributed by atoms with Gasteiger partial charge >= 0.3 is 0 Å². The number of carbonyl (C=O) groups is 1. The van der Waals surface area contributed by atoms with Crippen molar-refractivity contribution in [1.82, 2.24) is 5.32 Å². The minimum absolute atomic E-state index is 0.0731. The molecule has 17 heavy (non-hydrogen) atoms. The van der Waals surface area contributed by atoms with Gasteiger partial charge in [-0.05, 0) is 12.1 Å². The fourth-order valence-electron chi connectivity index (χ4n) is 1.34. The van der Waals surface area contributed by atoms with Gasteiger partial charge in [-0.1, -0.05) is 17.7 Å². The number of aliphatic hydroxyl groups is 1. The van der Waals surface area contributed by atoms with Gasteiger partial charge < -0.3 is 20.9 Å². The Morgan fingerprint density at radius 3 is 2.94 bits per heavy atom. The van der Waals surface area contributed by atoms with E-state index in [0.29, 0.717) is 17.3 Å². The highest BCUT2D eigenvalue weighted by Crippen LogP contribution is 2.25. The summed E-state index contributed by atoms with van der Waals surface area (Å²) in [5, 5.41) is 12.6. The highest BCUT2D eigenvalue weighted by molar-refractivity contribution is 6.31. The van der Waals surface area contributed by atoms with Crippen LogP contribution in [-0.4, -0.2) is 30.8 Å². The van der Waals surface area contributed by atoms with E-state index in [4.69, 9.17) is 22.1 Å². The van der Waals surface area contributed by atoms with E-state index in [9.17, 15) is 9.90 Å². The number of ether oxygens (including phenoxy) is 1. The van der Waals surface area contributed by atoms with Gasteiger partial charge in [0.05, 0.1) is 7.11 Å². The number of carbonyl (C=O) groups excluding carboxylic acids is 1. The first-order chi connectivity index (χ1) is 8.06. The van der Waals surface area contributed by atoms with E-state index in [1.807, 2.05) is 0 Å². The van der Waals surface area contributed by atoms with Crippen molar-refractivity contribution in [2.24, 2.45) is 5.73 Å². The molecule has 1 atom stereocenters. The van der Waals surface area contributed by atoms with Crippen molar-refractivity contribution in [3.05, 3.63) is 28.8 Å². The molecular formula is C11H15ClN2O3. The van der Waals surface area contributed by atoms with Crippen LogP contribution in [0.1, 0.15) is 5.56 Å². The molecule has 0 radical (unpaired) electrons. The van der Waals surface area contributed by atoms with E-state index in [-0.39, 0.29) is 6.54 Å². The quantitative estimate of drug-likeness (QED) is 0.685. The highest BCUT2D eigenvalue weighted by atomic mass is 35.5. The first kappa shape index (κ1) is 13.8. The number of hydrogen-bond acceptors (Lipinski definition) is 4. The number of amides is 1. The molecule has 0 saturated heterocycles. The Kier molecular flexibility index (Phi) is 5.21. The fourth-order valence-corrected chi connectivity index (χ4v) is 1.57. The van der Waals surface area contributed by atoms with Crippen LogP contribution in [0.15, 0.2) is 18.2 Å². The fraction of sp³-hybridized carbons (Fsp3) is 0.364. The molecule has 0 aliphatic heterocycles. The SMILES string of the molecule is COc1cccc(Cl)c1CNCC(O)C(N)=O. The van der Waals surface area contributed by atoms with E-state index < -0.39 is 12.0 Å². The monoisotopic (exact) mass is 258 g/mol. The summed E-state index contributed by atoms with van der Waals surface area (Å²) in [6.07, 6.45) is -1.21. The van der Waals surface area contributed by atoms with Gasteiger partial charge in [-0.2, -0.15) is 0 Å². The third-order valence-corrected chi connectivity index (χ3v) is 2.62. The molecule has 5 nitrogen and oxygen atoms in total. The van der Waals surface area contributed by atoms with Crippen molar-refractivity contribution in [2.75, 3.05) is 13.7 Å². The molecule has 6 heteroatoms. The third-order valence-electron chi connectivity index (χ3n) is 2.26. The van der Waals surface area contributed by atoms with Crippen LogP contribution in [0.4, 0.5) is 0 Å². The van der Waals surface area contributed by atoms with Crippen molar-refractivity contribution in [2.45, 2.75) is 12.6 Å². The summed E-state index contributed by atoms with van der Waals surface area (Å²) in [5.74, 6) is -0.109. The maximum absolute atomic E-state index is 10.6. The number of halogens is 1. The lowest BCUT2D eigenvalue weighted by molar-refractivity contribution is -0.125. The molecule has 94 valence electrons. The lowest BCUT2D eigenvalue weighted by atomic mass is 10.2. The molecule has 0 aliphatic rings. The predicted molar refractivity (Wildman–Crippen MR) is 64.9 cm³/mol. The van der Waals surface area contributed by atoms with Gasteiger partial charge in [-0.25, -0.2) is 0 Å². The minimum Gasteiger partial charge on any atom is -0.496 e. The van der Waals surface area contributed by atoms with Gasteiger partial charge in [0.2, 0.25) is 5.91 Å². The summed E-state index contributed by atoms with van der Waals surface area (Å²) >= 11 is 6.01. The Bertz CT molecular complexity index is 398. The zero-order valence-electron chi connectivity index (χ0n) is 9.44. The van der Waals surface area contributed by atoms with Crippen LogP contribution in [0.25, 0.3) is 0 Å². The lowest BCUT2D eigenvalue weighted by Crippen LogP contribution is -2.37. The number of nitrogens with two attached hydrogens (primary N) is 1. The Morgan fingerprint density at radius 1 is 1.65 bits per heavy atom. The molecule has 0 aliphatic carbocycles. The van der Waals surface area contributed by atoms with Gasteiger partial charge in [0.1, 0.15) is 11.9 Å². The average molecular weight is 259 g/mol. The predicted octanol–water partition coefficient (Wildman–Crippen LogP) is 0.284. The molecular weight excluding hydrogens is 244 g/mol. The van der Waals surface area contributed by atoms with Crippen molar-refractivity contribution < 1.29 is 14.6 Å². The molecule has 1 aromatic rings. The summed E-state index contributed by atoms with van der Waals surface area (Å²) in [6.45, 7) is 0.455. The highest BCUT2D eigenvalue weighted by Gasteiger charge is 2.11. The first-order valence-corrected chi connectivity index (χ1v) is 5.43. The van der Waals surface area contributed by atoms with Crippen LogP contribution >= 0.6 is 11.6 Å². The third kappa shape index (κ3) is 3.89. The molecule has 1 aromatic carbocycles. The van der Waals surface area contributed by atoms with E-state index in [1.54, 1.807) is 25.3 Å². The lowest BCUT2D eigenvalue weighted by Gasteiger charge is -2.12. The van der Waals surface area contributed by atoms with Crippen LogP contribution in [-0.2, 0) is 11.3 Å². The van der Waals surface area contributed by atoms with Crippen molar-refractivity contribution in [3.8, 4) is 5.75 Å². The standard InChI is InChI=1S/C11H15ClN2O3/c1-17-10-4-2-3-8(12)7(10)5-14-6-9(15)11(13)16/h2-4,9,14-15H,5-6H2,1H3,(H2,13,16). The molecule has 1 amide bonds. The maximum Gasteiger partial charge on any atom is 0.247 e. The van der Waals surface area contributed by atoms with Crippen LogP contribution in [0.3, 0.4) is 0 Å². The molecule has 0 spiro atoms. The molecule has 0 saturated carbocycles. The zero-order valence-corrected chi connectivity index (χ0v) is 10.2. The van der Waals surface area contributed by atoms with E-state index >= 15 is 0 Å². The van der Waals surface area contributed by atoms with Crippen molar-refractivity contribution >= 4 is 17.5 Å².